The van der Waals surface area contributed by atoms with Crippen LogP contribution in [0.5, 0.6) is 11.5 Å². The van der Waals surface area contributed by atoms with Crippen LogP contribution in [0.25, 0.3) is 11.3 Å². The highest BCUT2D eigenvalue weighted by molar-refractivity contribution is 7.14. The van der Waals surface area contributed by atoms with E-state index in [1.54, 1.807) is 24.3 Å². The van der Waals surface area contributed by atoms with Crippen LogP contribution < -0.4 is 20.1 Å². The molecule has 2 heterocycles. The Morgan fingerprint density at radius 3 is 2.39 bits per heavy atom. The van der Waals surface area contributed by atoms with Gasteiger partial charge in [-0.2, -0.15) is 0 Å². The number of amides is 2. The minimum absolute atomic E-state index is 0.136. The fourth-order valence-electron chi connectivity index (χ4n) is 3.32. The van der Waals surface area contributed by atoms with Gasteiger partial charge in [0.1, 0.15) is 6.61 Å². The molecular formula is C25H19N3O4S. The van der Waals surface area contributed by atoms with Crippen LogP contribution in [0.3, 0.4) is 0 Å². The molecule has 1 aromatic heterocycles. The fraction of sp³-hybridized carbons (Fsp3) is 0.0800. The normalized spacial score (nSPS) is 14.4. The van der Waals surface area contributed by atoms with Crippen LogP contribution in [-0.2, 0) is 4.79 Å². The van der Waals surface area contributed by atoms with Crippen molar-refractivity contribution in [2.75, 3.05) is 17.2 Å². The Kier molecular flexibility index (Phi) is 5.73. The van der Waals surface area contributed by atoms with Crippen molar-refractivity contribution in [2.24, 2.45) is 0 Å². The molecule has 2 amide bonds. The predicted molar refractivity (Wildman–Crippen MR) is 127 cm³/mol. The molecule has 0 saturated heterocycles. The molecule has 5 rings (SSSR count). The lowest BCUT2D eigenvalue weighted by atomic mass is 10.1. The first-order valence-corrected chi connectivity index (χ1v) is 11.2. The summed E-state index contributed by atoms with van der Waals surface area (Å²) in [5.74, 6) is 0.688. The van der Waals surface area contributed by atoms with Gasteiger partial charge in [-0.05, 0) is 36.4 Å². The Labute approximate surface area is 194 Å². The first-order chi connectivity index (χ1) is 16.2. The number of hydrogen-bond acceptors (Lipinski definition) is 6. The van der Waals surface area contributed by atoms with Crippen LogP contribution in [0.2, 0.25) is 0 Å². The van der Waals surface area contributed by atoms with Gasteiger partial charge in [0.25, 0.3) is 11.8 Å². The van der Waals surface area contributed by atoms with Crippen molar-refractivity contribution >= 4 is 34.0 Å². The van der Waals surface area contributed by atoms with Crippen molar-refractivity contribution in [1.29, 1.82) is 0 Å². The summed E-state index contributed by atoms with van der Waals surface area (Å²) < 4.78 is 11.3. The maximum absolute atomic E-state index is 12.6. The van der Waals surface area contributed by atoms with Gasteiger partial charge in [-0.3, -0.25) is 14.9 Å². The molecule has 0 saturated carbocycles. The molecule has 0 aliphatic carbocycles. The van der Waals surface area contributed by atoms with Crippen LogP contribution in [0, 0.1) is 0 Å². The Balaban J connectivity index is 1.21. The summed E-state index contributed by atoms with van der Waals surface area (Å²) >= 11 is 1.33. The van der Waals surface area contributed by atoms with Gasteiger partial charge in [0.15, 0.2) is 16.6 Å². The van der Waals surface area contributed by atoms with E-state index >= 15 is 0 Å². The third-order valence-electron chi connectivity index (χ3n) is 5.01. The van der Waals surface area contributed by atoms with E-state index in [4.69, 9.17) is 9.47 Å². The zero-order chi connectivity index (χ0) is 22.6. The van der Waals surface area contributed by atoms with Gasteiger partial charge in [-0.25, -0.2) is 4.98 Å². The molecule has 0 fully saturated rings. The summed E-state index contributed by atoms with van der Waals surface area (Å²) in [6.07, 6.45) is -0.750. The van der Waals surface area contributed by atoms with E-state index in [9.17, 15) is 9.59 Å². The summed E-state index contributed by atoms with van der Waals surface area (Å²) in [6.45, 7) is 0.136. The molecular weight excluding hydrogens is 438 g/mol. The average Bonchev–Trinajstić information content (AvgIpc) is 3.33. The number of hydrogen-bond donors (Lipinski definition) is 2. The minimum atomic E-state index is -0.750. The molecule has 3 aromatic carbocycles. The van der Waals surface area contributed by atoms with Crippen molar-refractivity contribution < 1.29 is 19.1 Å². The molecule has 1 aliphatic rings. The van der Waals surface area contributed by atoms with E-state index in [2.05, 4.69) is 15.6 Å². The maximum Gasteiger partial charge on any atom is 0.270 e. The zero-order valence-electron chi connectivity index (χ0n) is 17.4. The third-order valence-corrected chi connectivity index (χ3v) is 5.77. The SMILES string of the molecule is O=C(Nc1ccc(-c2csc(NC(=O)C3COc4ccccc4O3)n2)cc1)c1ccccc1. The molecule has 4 aromatic rings. The molecule has 1 unspecified atom stereocenters. The number of anilines is 2. The highest BCUT2D eigenvalue weighted by Gasteiger charge is 2.27. The van der Waals surface area contributed by atoms with Crippen LogP contribution in [0.15, 0.2) is 84.2 Å². The number of fused-ring (bicyclic) bond motifs is 1. The number of para-hydroxylation sites is 2. The van der Waals surface area contributed by atoms with Gasteiger partial charge in [0.2, 0.25) is 6.10 Å². The van der Waals surface area contributed by atoms with Crippen LogP contribution in [0.4, 0.5) is 10.8 Å². The van der Waals surface area contributed by atoms with Crippen molar-refractivity contribution in [3.63, 3.8) is 0 Å². The molecule has 1 aliphatic heterocycles. The number of nitrogens with zero attached hydrogens (tertiary/aromatic N) is 1. The molecule has 2 N–H and O–H groups in total. The number of carbonyl (C=O) groups is 2. The predicted octanol–water partition coefficient (Wildman–Crippen LogP) is 4.84. The van der Waals surface area contributed by atoms with E-state index in [-0.39, 0.29) is 18.4 Å². The van der Waals surface area contributed by atoms with Crippen LogP contribution in [-0.4, -0.2) is 29.5 Å². The maximum atomic E-state index is 12.6. The highest BCUT2D eigenvalue weighted by Crippen LogP contribution is 2.31. The Morgan fingerprint density at radius 2 is 1.61 bits per heavy atom. The van der Waals surface area contributed by atoms with Crippen LogP contribution >= 0.6 is 11.3 Å². The number of aromatic nitrogens is 1. The number of thiazole rings is 1. The van der Waals surface area contributed by atoms with Gasteiger partial charge in [-0.1, -0.05) is 42.5 Å². The number of rotatable bonds is 5. The topological polar surface area (TPSA) is 89.6 Å². The van der Waals surface area contributed by atoms with Gasteiger partial charge in [-0.15, -0.1) is 11.3 Å². The molecule has 1 atom stereocenters. The molecule has 164 valence electrons. The zero-order valence-corrected chi connectivity index (χ0v) is 18.2. The largest absolute Gasteiger partial charge is 0.485 e. The second kappa shape index (κ2) is 9.13. The first kappa shape index (κ1) is 20.7. The standard InChI is InChI=1S/C25H19N3O4S/c29-23(17-6-2-1-3-7-17)26-18-12-10-16(11-13-18)19-15-33-25(27-19)28-24(30)22-14-31-20-8-4-5-9-21(20)32-22/h1-13,15,22H,14H2,(H,26,29)(H,27,28,30). The summed E-state index contributed by atoms with van der Waals surface area (Å²) in [7, 11) is 0. The summed E-state index contributed by atoms with van der Waals surface area (Å²) in [6, 6.07) is 23.7. The second-order valence-corrected chi connectivity index (χ2v) is 8.15. The van der Waals surface area contributed by atoms with E-state index in [1.807, 2.05) is 60.0 Å². The van der Waals surface area contributed by atoms with Gasteiger partial charge >= 0.3 is 0 Å². The van der Waals surface area contributed by atoms with Crippen LogP contribution in [0.1, 0.15) is 10.4 Å². The quantitative estimate of drug-likeness (QED) is 0.448. The van der Waals surface area contributed by atoms with Crippen molar-refractivity contribution in [2.45, 2.75) is 6.10 Å². The molecule has 0 bridgehead atoms. The highest BCUT2D eigenvalue weighted by atomic mass is 32.1. The first-order valence-electron chi connectivity index (χ1n) is 10.3. The van der Waals surface area contributed by atoms with E-state index in [0.29, 0.717) is 27.9 Å². The molecule has 0 radical (unpaired) electrons. The smallest absolute Gasteiger partial charge is 0.270 e. The summed E-state index contributed by atoms with van der Waals surface area (Å²) in [5.41, 5.74) is 2.88. The van der Waals surface area contributed by atoms with E-state index in [1.165, 1.54) is 11.3 Å². The molecule has 0 spiro atoms. The van der Waals surface area contributed by atoms with Crippen molar-refractivity contribution in [1.82, 2.24) is 4.98 Å². The van der Waals surface area contributed by atoms with Gasteiger partial charge in [0, 0.05) is 22.2 Å². The Bertz CT molecular complexity index is 1290. The minimum Gasteiger partial charge on any atom is -0.485 e. The Hall–Kier alpha value is -4.17. The number of carbonyl (C=O) groups excluding carboxylic acids is 2. The lowest BCUT2D eigenvalue weighted by Crippen LogP contribution is -2.40. The second-order valence-electron chi connectivity index (χ2n) is 7.29. The fourth-order valence-corrected chi connectivity index (χ4v) is 4.04. The number of benzene rings is 3. The lowest BCUT2D eigenvalue weighted by molar-refractivity contribution is -0.125. The summed E-state index contributed by atoms with van der Waals surface area (Å²) in [5, 5.41) is 8.00. The monoisotopic (exact) mass is 457 g/mol. The number of nitrogens with one attached hydrogen (secondary N) is 2. The molecule has 7 nitrogen and oxygen atoms in total. The summed E-state index contributed by atoms with van der Waals surface area (Å²) in [4.78, 5) is 29.4. The van der Waals surface area contributed by atoms with Crippen molar-refractivity contribution in [3.05, 3.63) is 89.8 Å². The van der Waals surface area contributed by atoms with Gasteiger partial charge < -0.3 is 14.8 Å². The van der Waals surface area contributed by atoms with E-state index < -0.39 is 6.10 Å². The van der Waals surface area contributed by atoms with E-state index in [0.717, 1.165) is 11.3 Å². The third kappa shape index (κ3) is 4.70. The average molecular weight is 458 g/mol. The lowest BCUT2D eigenvalue weighted by Gasteiger charge is -2.25. The van der Waals surface area contributed by atoms with Crippen molar-refractivity contribution in [3.8, 4) is 22.8 Å². The molecule has 8 heteroatoms. The van der Waals surface area contributed by atoms with Gasteiger partial charge in [0.05, 0.1) is 5.69 Å². The molecule has 33 heavy (non-hydrogen) atoms. The number of ether oxygens (including phenoxy) is 2. The Morgan fingerprint density at radius 1 is 0.879 bits per heavy atom.